The highest BCUT2D eigenvalue weighted by Crippen LogP contribution is 2.21. The molecule has 172 valence electrons. The van der Waals surface area contributed by atoms with Crippen LogP contribution in [0.3, 0.4) is 0 Å². The quantitative estimate of drug-likeness (QED) is 0.228. The molecule has 0 aliphatic heterocycles. The van der Waals surface area contributed by atoms with Crippen LogP contribution in [-0.2, 0) is 6.61 Å². The van der Waals surface area contributed by atoms with Crippen LogP contribution >= 0.6 is 0 Å². The molecule has 2 aromatic carbocycles. The molecular weight excluding hydrogens is 436 g/mol. The maximum absolute atomic E-state index is 12.3. The zero-order chi connectivity index (χ0) is 24.1. The van der Waals surface area contributed by atoms with Crippen LogP contribution in [0.2, 0.25) is 0 Å². The normalized spacial score (nSPS) is 11.0. The first-order valence-corrected chi connectivity index (χ1v) is 10.5. The van der Waals surface area contributed by atoms with E-state index in [0.29, 0.717) is 11.5 Å². The topological polar surface area (TPSA) is 112 Å². The molecule has 4 aromatic rings. The standard InChI is InChI=1S/C25H22N4O5/c1-17-7-8-18(2)28(17)20-9-11-21(12-10-20)33-16-22-13-14-24(34-22)25(30)27-26-15-19-5-3-4-6-23(19)29(31)32/h3-15H,16H2,1-2H3,(H,27,30). The summed E-state index contributed by atoms with van der Waals surface area (Å²) in [6.45, 7) is 4.26. The van der Waals surface area contributed by atoms with E-state index in [4.69, 9.17) is 9.15 Å². The second kappa shape index (κ2) is 9.86. The first kappa shape index (κ1) is 22.5. The highest BCUT2D eigenvalue weighted by Gasteiger charge is 2.13. The van der Waals surface area contributed by atoms with Gasteiger partial charge in [-0.1, -0.05) is 12.1 Å². The van der Waals surface area contributed by atoms with Gasteiger partial charge in [0.2, 0.25) is 0 Å². The van der Waals surface area contributed by atoms with Gasteiger partial charge in [-0.2, -0.15) is 5.10 Å². The van der Waals surface area contributed by atoms with Crippen molar-refractivity contribution in [2.75, 3.05) is 0 Å². The Balaban J connectivity index is 1.33. The molecule has 2 heterocycles. The minimum atomic E-state index is -0.581. The molecule has 0 spiro atoms. The first-order chi connectivity index (χ1) is 16.4. The number of rotatable bonds is 8. The maximum Gasteiger partial charge on any atom is 0.307 e. The number of ether oxygens (including phenoxy) is 1. The number of benzene rings is 2. The number of hydrogen-bond acceptors (Lipinski definition) is 6. The lowest BCUT2D eigenvalue weighted by Gasteiger charge is -2.10. The van der Waals surface area contributed by atoms with Crippen molar-refractivity contribution in [3.8, 4) is 11.4 Å². The van der Waals surface area contributed by atoms with Crippen LogP contribution in [0.1, 0.15) is 33.3 Å². The van der Waals surface area contributed by atoms with E-state index in [0.717, 1.165) is 17.1 Å². The van der Waals surface area contributed by atoms with Crippen molar-refractivity contribution >= 4 is 17.8 Å². The van der Waals surface area contributed by atoms with Gasteiger partial charge in [-0.05, 0) is 68.4 Å². The van der Waals surface area contributed by atoms with Crippen molar-refractivity contribution in [2.24, 2.45) is 5.10 Å². The lowest BCUT2D eigenvalue weighted by molar-refractivity contribution is -0.385. The maximum atomic E-state index is 12.3. The van der Waals surface area contributed by atoms with Crippen LogP contribution in [0.15, 0.2) is 82.3 Å². The molecule has 0 fully saturated rings. The van der Waals surface area contributed by atoms with Gasteiger partial charge in [0.05, 0.1) is 16.7 Å². The van der Waals surface area contributed by atoms with Crippen molar-refractivity contribution < 1.29 is 18.9 Å². The Morgan fingerprint density at radius 2 is 1.76 bits per heavy atom. The van der Waals surface area contributed by atoms with E-state index in [1.165, 1.54) is 24.4 Å². The van der Waals surface area contributed by atoms with Crippen molar-refractivity contribution in [3.05, 3.63) is 111 Å². The van der Waals surface area contributed by atoms with Gasteiger partial charge < -0.3 is 13.7 Å². The van der Waals surface area contributed by atoms with E-state index in [2.05, 4.69) is 41.1 Å². The molecule has 0 aliphatic carbocycles. The lowest BCUT2D eigenvalue weighted by Crippen LogP contribution is -2.16. The van der Waals surface area contributed by atoms with E-state index >= 15 is 0 Å². The van der Waals surface area contributed by atoms with Gasteiger partial charge in [-0.15, -0.1) is 0 Å². The third-order valence-electron chi connectivity index (χ3n) is 5.14. The molecule has 1 amide bonds. The molecule has 0 unspecified atom stereocenters. The number of para-hydroxylation sites is 1. The Morgan fingerprint density at radius 1 is 1.06 bits per heavy atom. The van der Waals surface area contributed by atoms with Crippen LogP contribution < -0.4 is 10.2 Å². The van der Waals surface area contributed by atoms with Crippen molar-refractivity contribution in [3.63, 3.8) is 0 Å². The summed E-state index contributed by atoms with van der Waals surface area (Å²) in [5, 5.41) is 14.8. The van der Waals surface area contributed by atoms with E-state index in [-0.39, 0.29) is 23.6 Å². The lowest BCUT2D eigenvalue weighted by atomic mass is 10.2. The number of nitrogens with one attached hydrogen (secondary N) is 1. The summed E-state index contributed by atoms with van der Waals surface area (Å²) in [6, 6.07) is 21.1. The average molecular weight is 458 g/mol. The Hall–Kier alpha value is -4.66. The molecule has 0 aliphatic rings. The summed E-state index contributed by atoms with van der Waals surface area (Å²) in [7, 11) is 0. The Bertz CT molecular complexity index is 1330. The van der Waals surface area contributed by atoms with Gasteiger partial charge in [-0.3, -0.25) is 14.9 Å². The fourth-order valence-corrected chi connectivity index (χ4v) is 3.48. The third kappa shape index (κ3) is 5.04. The molecule has 2 aromatic heterocycles. The molecule has 1 N–H and O–H groups in total. The van der Waals surface area contributed by atoms with Gasteiger partial charge in [0.1, 0.15) is 18.1 Å². The molecule has 0 saturated carbocycles. The molecule has 9 heteroatoms. The highest BCUT2D eigenvalue weighted by atomic mass is 16.6. The van der Waals surface area contributed by atoms with Crippen molar-refractivity contribution in [2.45, 2.75) is 20.5 Å². The van der Waals surface area contributed by atoms with Crippen molar-refractivity contribution in [1.82, 2.24) is 9.99 Å². The number of aryl methyl sites for hydroxylation is 2. The molecule has 0 atom stereocenters. The number of hydrazone groups is 1. The van der Waals surface area contributed by atoms with Gasteiger partial charge in [0, 0.05) is 23.1 Å². The molecule has 0 saturated heterocycles. The summed E-state index contributed by atoms with van der Waals surface area (Å²) in [6.07, 6.45) is 1.21. The summed E-state index contributed by atoms with van der Waals surface area (Å²) in [5.41, 5.74) is 5.82. The second-order valence-corrected chi connectivity index (χ2v) is 7.52. The number of amides is 1. The Labute approximate surface area is 195 Å². The molecule has 9 nitrogen and oxygen atoms in total. The van der Waals surface area contributed by atoms with Crippen LogP contribution in [0, 0.1) is 24.0 Å². The Kier molecular flexibility index (Phi) is 6.54. The van der Waals surface area contributed by atoms with E-state index < -0.39 is 10.8 Å². The monoisotopic (exact) mass is 458 g/mol. The molecule has 34 heavy (non-hydrogen) atoms. The zero-order valence-corrected chi connectivity index (χ0v) is 18.6. The summed E-state index contributed by atoms with van der Waals surface area (Å²) >= 11 is 0. The molecule has 4 rings (SSSR count). The average Bonchev–Trinajstić information content (AvgIpc) is 3.44. The summed E-state index contributed by atoms with van der Waals surface area (Å²) in [5.74, 6) is 0.604. The van der Waals surface area contributed by atoms with Gasteiger partial charge in [-0.25, -0.2) is 5.43 Å². The second-order valence-electron chi connectivity index (χ2n) is 7.52. The fourth-order valence-electron chi connectivity index (χ4n) is 3.48. The predicted molar refractivity (Wildman–Crippen MR) is 126 cm³/mol. The number of aromatic nitrogens is 1. The van der Waals surface area contributed by atoms with E-state index in [1.807, 2.05) is 24.3 Å². The van der Waals surface area contributed by atoms with Gasteiger partial charge in [0.15, 0.2) is 5.76 Å². The van der Waals surface area contributed by atoms with Crippen molar-refractivity contribution in [1.29, 1.82) is 0 Å². The summed E-state index contributed by atoms with van der Waals surface area (Å²) in [4.78, 5) is 22.8. The van der Waals surface area contributed by atoms with Crippen LogP contribution in [0.25, 0.3) is 5.69 Å². The number of nitro groups is 1. The fraction of sp³-hybridized carbons (Fsp3) is 0.120. The number of nitrogens with zero attached hydrogens (tertiary/aromatic N) is 3. The smallest absolute Gasteiger partial charge is 0.307 e. The largest absolute Gasteiger partial charge is 0.486 e. The number of furan rings is 1. The Morgan fingerprint density at radius 3 is 2.47 bits per heavy atom. The van der Waals surface area contributed by atoms with Crippen LogP contribution in [0.5, 0.6) is 5.75 Å². The number of carbonyl (C=O) groups excluding carboxylic acids is 1. The number of nitro benzene ring substituents is 1. The zero-order valence-electron chi connectivity index (χ0n) is 18.6. The molecule has 0 bridgehead atoms. The minimum Gasteiger partial charge on any atom is -0.486 e. The van der Waals surface area contributed by atoms with Gasteiger partial charge >= 0.3 is 5.91 Å². The minimum absolute atomic E-state index is 0.0483. The summed E-state index contributed by atoms with van der Waals surface area (Å²) < 4.78 is 13.4. The van der Waals surface area contributed by atoms with Gasteiger partial charge in [0.25, 0.3) is 5.69 Å². The first-order valence-electron chi connectivity index (χ1n) is 10.5. The number of carbonyl (C=O) groups is 1. The molecule has 0 radical (unpaired) electrons. The predicted octanol–water partition coefficient (Wildman–Crippen LogP) is 4.94. The van der Waals surface area contributed by atoms with E-state index in [1.54, 1.807) is 18.2 Å². The van der Waals surface area contributed by atoms with Crippen LogP contribution in [-0.4, -0.2) is 21.6 Å². The number of hydrogen-bond donors (Lipinski definition) is 1. The van der Waals surface area contributed by atoms with E-state index in [9.17, 15) is 14.9 Å². The van der Waals surface area contributed by atoms with Crippen LogP contribution in [0.4, 0.5) is 5.69 Å². The highest BCUT2D eigenvalue weighted by molar-refractivity contribution is 5.93. The third-order valence-corrected chi connectivity index (χ3v) is 5.14. The molecular formula is C25H22N4O5. The SMILES string of the molecule is Cc1ccc(C)n1-c1ccc(OCc2ccc(C(=O)NN=Cc3ccccc3[N+](=O)[O-])o2)cc1.